The summed E-state index contributed by atoms with van der Waals surface area (Å²) in [4.78, 5) is 0. The molecule has 3 heteroatoms. The van der Waals surface area contributed by atoms with Gasteiger partial charge < -0.3 is 13.7 Å². The Morgan fingerprint density at radius 2 is 0.466 bits per heavy atom. The average Bonchev–Trinajstić information content (AvgIpc) is 1.51. The van der Waals surface area contributed by atoms with E-state index in [1.807, 2.05) is 0 Å². The Kier molecular flexibility index (Phi) is 17.6. The van der Waals surface area contributed by atoms with Crippen molar-refractivity contribution in [1.82, 2.24) is 13.7 Å². The van der Waals surface area contributed by atoms with Crippen LogP contribution < -0.4 is 0 Å². The number of rotatable bonds is 7. The van der Waals surface area contributed by atoms with Gasteiger partial charge in [-0.2, -0.15) is 0 Å². The van der Waals surface area contributed by atoms with Crippen molar-refractivity contribution in [2.45, 2.75) is 132 Å². The van der Waals surface area contributed by atoms with Crippen molar-refractivity contribution in [3.63, 3.8) is 0 Å². The Morgan fingerprint density at radius 3 is 0.904 bits per heavy atom. The van der Waals surface area contributed by atoms with Crippen LogP contribution in [0.4, 0.5) is 0 Å². The largest absolute Gasteiger partial charge is 0.309 e. The Hall–Kier alpha value is -14.9. The third-order valence-electron chi connectivity index (χ3n) is 40.7. The lowest BCUT2D eigenvalue weighted by Gasteiger charge is -2.61. The van der Waals surface area contributed by atoms with Crippen molar-refractivity contribution in [3.8, 4) is 106 Å². The number of hydrogen-bond donors (Lipinski definition) is 0. The summed E-state index contributed by atoms with van der Waals surface area (Å²) < 4.78 is 7.43. The first-order valence-corrected chi connectivity index (χ1v) is 55.2. The highest BCUT2D eigenvalue weighted by Gasteiger charge is 2.65. The molecule has 0 amide bonds. The highest BCUT2D eigenvalue weighted by Crippen LogP contribution is 2.74. The summed E-state index contributed by atoms with van der Waals surface area (Å²) in [7, 11) is 0. The second-order valence-electron chi connectivity index (χ2n) is 47.7. The van der Waals surface area contributed by atoms with Gasteiger partial charge in [-0.15, -0.1) is 0 Å². The van der Waals surface area contributed by atoms with E-state index in [1.165, 1.54) is 300 Å². The Morgan fingerprint density at radius 1 is 0.171 bits per heavy atom. The molecule has 3 nitrogen and oxygen atoms in total. The van der Waals surface area contributed by atoms with Gasteiger partial charge in [0, 0.05) is 70.9 Å². The smallest absolute Gasteiger partial charge is 0.0541 e. The molecule has 0 saturated heterocycles. The maximum absolute atomic E-state index is 2.64. The molecular weight excluding hydrogens is 1760 g/mol. The zero-order valence-electron chi connectivity index (χ0n) is 83.1. The number of nitrogens with zero attached hydrogens (tertiary/aromatic N) is 3. The van der Waals surface area contributed by atoms with E-state index in [0.29, 0.717) is 0 Å². The minimum atomic E-state index is 0.00660. The van der Waals surface area contributed by atoms with Crippen molar-refractivity contribution in [1.29, 1.82) is 0 Å². The van der Waals surface area contributed by atoms with Gasteiger partial charge in [0.2, 0.25) is 0 Å². The molecule has 12 saturated carbocycles. The summed E-state index contributed by atoms with van der Waals surface area (Å²) >= 11 is 0. The molecule has 12 fully saturated rings. The molecule has 22 aromatic rings. The van der Waals surface area contributed by atoms with Crippen LogP contribution in [0.2, 0.25) is 0 Å². The Balaban J connectivity index is 0.0000000958. The van der Waals surface area contributed by atoms with E-state index < -0.39 is 0 Å². The first kappa shape index (κ1) is 83.4. The summed E-state index contributed by atoms with van der Waals surface area (Å²) in [6.45, 7) is 4.73. The van der Waals surface area contributed by atoms with Crippen LogP contribution in [0.15, 0.2) is 406 Å². The lowest BCUT2D eigenvalue weighted by Crippen LogP contribution is -2.55. The first-order valence-electron chi connectivity index (χ1n) is 55.2. The van der Waals surface area contributed by atoms with E-state index in [1.54, 1.807) is 33.4 Å². The van der Waals surface area contributed by atoms with Gasteiger partial charge in [0.05, 0.1) is 38.8 Å². The molecule has 702 valence electrons. The van der Waals surface area contributed by atoms with Gasteiger partial charge in [-0.1, -0.05) is 317 Å². The predicted molar refractivity (Wildman–Crippen MR) is 606 cm³/mol. The van der Waals surface area contributed by atoms with Gasteiger partial charge in [-0.05, 0) is 420 Å². The summed E-state index contributed by atoms with van der Waals surface area (Å²) in [6.07, 6.45) is 21.5. The topological polar surface area (TPSA) is 14.8 Å². The molecule has 146 heavy (non-hydrogen) atoms. The molecule has 0 aliphatic heterocycles. The van der Waals surface area contributed by atoms with Gasteiger partial charge in [0.25, 0.3) is 0 Å². The summed E-state index contributed by atoms with van der Waals surface area (Å²) in [5.74, 6) is 10.4. The zero-order chi connectivity index (χ0) is 95.5. The fourth-order valence-corrected chi connectivity index (χ4v) is 35.8. The fraction of sp³-hybridized carbons (Fsp3) is 0.231. The normalized spacial score (nSPS) is 25.3. The van der Waals surface area contributed by atoms with E-state index in [9.17, 15) is 0 Å². The zero-order valence-corrected chi connectivity index (χ0v) is 83.1. The maximum atomic E-state index is 2.64. The molecule has 12 bridgehead atoms. The number of aromatic nitrogens is 3. The van der Waals surface area contributed by atoms with Gasteiger partial charge in [-0.25, -0.2) is 0 Å². The highest BCUT2D eigenvalue weighted by molar-refractivity contribution is 6.15. The summed E-state index contributed by atoms with van der Waals surface area (Å²) in [6, 6.07) is 155. The molecule has 16 aliphatic carbocycles. The van der Waals surface area contributed by atoms with Crippen molar-refractivity contribution >= 4 is 87.0 Å². The number of para-hydroxylation sites is 4. The molecule has 3 spiro atoms. The SMILES string of the molecule is CC1(C)c2ccccc2-c2cc(-n3c4ccccc4c4cc(-c5ccc6c(c5)C5(c7ccccc7-6)C6CC7CC(C6)CC5C7)ccc43)ccc21.c1ccc(-c2ccccc2-n2c3ccccc3c3cc(-c4ccc5c(c4)C4(c6ccccc6-5)C5CC6CC(C5)CC4C6)ccc32)cc1.c1ccc2c(c1)-c1ccc(-c3ccc4c(c3)c3ccccc3n4-c3ccc4ccc5ccccc5c4c3)cc1C21C2CC3CC(C2)CC1C3. The standard InChI is InChI=1S/C49H41N.C48H37N.C46H37N/c1-48(2)42-12-6-3-10-37(42)40-28-35(17-19-43(40)48)50-46-14-8-5-11-39(46)41-26-31(16-20-47(41)50)32-15-18-38-36-9-4-7-13-44(36)49(45(38)27-32)33-22-29-21-30(24-33)25-34(49)23-29;1-2-8-38-31(7-1)13-14-32-15-18-37(28-42(32)38)49-46-12-6-4-10-41(46)43-26-33(17-20-47(43)49)34-16-19-40-39-9-3-5-11-44(39)48(45(40)27-34)35-22-29-21-30(24-35)25-36(48)23-29;1-2-10-31(11-3-1)36-12-5-8-16-43(36)47-44-17-9-6-14-39(44)40-27-32(19-21-45(40)47)33-18-20-38-37-13-4-7-15-41(37)46(42(38)28-33)34-23-29-22-30(25-34)26-35(46)24-29/h3-20,26-30,33-34H,21-25H2,1-2H3;1-20,26-30,35-36H,21-25H2;1-21,27-30,34-35H,22-26H2. The van der Waals surface area contributed by atoms with E-state index in [4.69, 9.17) is 0 Å². The molecular formula is C143H115N3. The van der Waals surface area contributed by atoms with Gasteiger partial charge in [0.15, 0.2) is 0 Å². The molecule has 16 aliphatic rings. The van der Waals surface area contributed by atoms with Crippen LogP contribution in [0.5, 0.6) is 0 Å². The maximum Gasteiger partial charge on any atom is 0.0541 e. The first-order chi connectivity index (χ1) is 72.0. The van der Waals surface area contributed by atoms with Crippen LogP contribution in [0, 0.1) is 71.0 Å². The number of hydrogen-bond acceptors (Lipinski definition) is 0. The van der Waals surface area contributed by atoms with Crippen LogP contribution in [0.1, 0.15) is 155 Å². The summed E-state index contributed by atoms with van der Waals surface area (Å²) in [5.41, 5.74) is 46.7. The van der Waals surface area contributed by atoms with Gasteiger partial charge >= 0.3 is 0 Å². The van der Waals surface area contributed by atoms with Gasteiger partial charge in [0.1, 0.15) is 0 Å². The van der Waals surface area contributed by atoms with E-state index in [2.05, 4.69) is 434 Å². The van der Waals surface area contributed by atoms with Gasteiger partial charge in [-0.3, -0.25) is 0 Å². The molecule has 0 atom stereocenters. The van der Waals surface area contributed by atoms with E-state index >= 15 is 0 Å². The second-order valence-corrected chi connectivity index (χ2v) is 47.7. The number of fused-ring (bicyclic) bond motifs is 24. The lowest BCUT2D eigenvalue weighted by atomic mass is 9.43. The minimum absolute atomic E-state index is 0.00660. The third-order valence-corrected chi connectivity index (χ3v) is 40.7. The van der Waals surface area contributed by atoms with Crippen LogP contribution >= 0.6 is 0 Å². The quantitative estimate of drug-likeness (QED) is 0.141. The highest BCUT2D eigenvalue weighted by atomic mass is 15.0. The Labute approximate surface area is 854 Å². The average molecular weight is 1880 g/mol. The molecule has 0 unspecified atom stereocenters. The van der Waals surface area contributed by atoms with Crippen LogP contribution in [-0.4, -0.2) is 13.7 Å². The molecule has 38 rings (SSSR count). The molecule has 19 aromatic carbocycles. The second kappa shape index (κ2) is 30.9. The van der Waals surface area contributed by atoms with Crippen LogP contribution in [0.25, 0.3) is 193 Å². The fourth-order valence-electron chi connectivity index (χ4n) is 35.8. The van der Waals surface area contributed by atoms with Crippen LogP contribution in [-0.2, 0) is 21.7 Å². The summed E-state index contributed by atoms with van der Waals surface area (Å²) in [5, 5.41) is 13.1. The molecule has 0 radical (unpaired) electrons. The molecule has 3 heterocycles. The molecule has 3 aromatic heterocycles. The predicted octanol–water partition coefficient (Wildman–Crippen LogP) is 36.8. The van der Waals surface area contributed by atoms with Crippen molar-refractivity contribution in [2.75, 3.05) is 0 Å². The molecule has 0 N–H and O–H groups in total. The van der Waals surface area contributed by atoms with E-state index in [-0.39, 0.29) is 21.7 Å². The van der Waals surface area contributed by atoms with Crippen LogP contribution in [0.3, 0.4) is 0 Å². The van der Waals surface area contributed by atoms with Crippen molar-refractivity contribution < 1.29 is 0 Å². The Bertz CT molecular complexity index is 9270. The third kappa shape index (κ3) is 11.5. The minimum Gasteiger partial charge on any atom is -0.309 e. The van der Waals surface area contributed by atoms with E-state index in [0.717, 1.165) is 71.0 Å². The monoisotopic (exact) mass is 1870 g/mol. The van der Waals surface area contributed by atoms with Crippen molar-refractivity contribution in [2.24, 2.45) is 71.0 Å². The number of benzene rings is 19. The van der Waals surface area contributed by atoms with Crippen molar-refractivity contribution in [3.05, 3.63) is 451 Å². The lowest BCUT2D eigenvalue weighted by molar-refractivity contribution is -0.0399.